The number of nitrogens with one attached hydrogen (secondary N) is 1. The molecular weight excluding hydrogens is 328 g/mol. The molecule has 1 aromatic heterocycles. The number of methoxy groups -OCH3 is 1. The first-order valence-electron chi connectivity index (χ1n) is 9.42. The number of aromatic nitrogens is 1. The second kappa shape index (κ2) is 7.33. The van der Waals surface area contributed by atoms with Gasteiger partial charge in [0.15, 0.2) is 0 Å². The molecule has 138 valence electrons. The van der Waals surface area contributed by atoms with Crippen molar-refractivity contribution < 1.29 is 14.3 Å². The number of fused-ring (bicyclic) bond motifs is 1. The third kappa shape index (κ3) is 3.21. The molecule has 0 unspecified atom stereocenters. The third-order valence-electron chi connectivity index (χ3n) is 5.95. The molecule has 0 radical (unpaired) electrons. The summed E-state index contributed by atoms with van der Waals surface area (Å²) in [6.07, 6.45) is 5.68. The standard InChI is InChI=1S/C21H26N2O3/c1-25-14-21(8-4-9-21)20(24)23-19-13-26-12-16(19)11-15-7-10-22-18-6-3-2-5-17(15)18/h2-3,5-7,10,16,19H,4,8-9,11-14H2,1H3,(H,23,24)/t16-,19-/m1/s1. The molecule has 1 amide bonds. The van der Waals surface area contributed by atoms with E-state index in [4.69, 9.17) is 9.47 Å². The quantitative estimate of drug-likeness (QED) is 0.866. The van der Waals surface area contributed by atoms with E-state index in [-0.39, 0.29) is 23.3 Å². The predicted molar refractivity (Wildman–Crippen MR) is 99.8 cm³/mol. The maximum absolute atomic E-state index is 12.8. The van der Waals surface area contributed by atoms with Crippen LogP contribution in [0.15, 0.2) is 36.5 Å². The summed E-state index contributed by atoms with van der Waals surface area (Å²) in [4.78, 5) is 17.3. The molecule has 26 heavy (non-hydrogen) atoms. The number of rotatable bonds is 6. The zero-order valence-electron chi connectivity index (χ0n) is 15.2. The van der Waals surface area contributed by atoms with Crippen molar-refractivity contribution in [1.82, 2.24) is 10.3 Å². The molecule has 1 aromatic carbocycles. The molecular formula is C21H26N2O3. The maximum atomic E-state index is 12.8. The number of hydrogen-bond acceptors (Lipinski definition) is 4. The Kier molecular flexibility index (Phi) is 4.92. The zero-order chi connectivity index (χ0) is 18.0. The average Bonchev–Trinajstić information content (AvgIpc) is 3.05. The Balaban J connectivity index is 1.47. The third-order valence-corrected chi connectivity index (χ3v) is 5.95. The predicted octanol–water partition coefficient (Wildman–Crippen LogP) is 2.73. The second-order valence-corrected chi connectivity index (χ2v) is 7.64. The first-order chi connectivity index (χ1) is 12.7. The van der Waals surface area contributed by atoms with E-state index in [1.807, 2.05) is 24.4 Å². The fourth-order valence-electron chi connectivity index (χ4n) is 4.21. The van der Waals surface area contributed by atoms with E-state index in [1.165, 1.54) is 10.9 Å². The van der Waals surface area contributed by atoms with Gasteiger partial charge in [0.1, 0.15) is 0 Å². The Labute approximate surface area is 154 Å². The molecule has 2 heterocycles. The van der Waals surface area contributed by atoms with Crippen LogP contribution in [0.5, 0.6) is 0 Å². The summed E-state index contributed by atoms with van der Waals surface area (Å²) < 4.78 is 11.0. The molecule has 0 bridgehead atoms. The van der Waals surface area contributed by atoms with Gasteiger partial charge in [-0.05, 0) is 37.0 Å². The molecule has 5 heteroatoms. The van der Waals surface area contributed by atoms with Gasteiger partial charge in [0.2, 0.25) is 5.91 Å². The molecule has 1 aliphatic heterocycles. The largest absolute Gasteiger partial charge is 0.384 e. The number of carbonyl (C=O) groups is 1. The Morgan fingerprint density at radius 3 is 2.92 bits per heavy atom. The lowest BCUT2D eigenvalue weighted by atomic mass is 9.68. The van der Waals surface area contributed by atoms with Gasteiger partial charge in [-0.15, -0.1) is 0 Å². The number of nitrogens with zero attached hydrogens (tertiary/aromatic N) is 1. The highest BCUT2D eigenvalue weighted by Gasteiger charge is 2.45. The van der Waals surface area contributed by atoms with Crippen LogP contribution in [0.1, 0.15) is 24.8 Å². The highest BCUT2D eigenvalue weighted by atomic mass is 16.5. The minimum absolute atomic E-state index is 0.0590. The van der Waals surface area contributed by atoms with E-state index in [2.05, 4.69) is 22.4 Å². The Morgan fingerprint density at radius 2 is 2.15 bits per heavy atom. The monoisotopic (exact) mass is 354 g/mol. The molecule has 0 spiro atoms. The van der Waals surface area contributed by atoms with Crippen LogP contribution in [0, 0.1) is 11.3 Å². The number of pyridine rings is 1. The Bertz CT molecular complexity index is 782. The number of ether oxygens (including phenoxy) is 2. The zero-order valence-corrected chi connectivity index (χ0v) is 15.2. The molecule has 2 atom stereocenters. The van der Waals surface area contributed by atoms with Crippen LogP contribution < -0.4 is 5.32 Å². The normalized spacial score (nSPS) is 24.3. The van der Waals surface area contributed by atoms with Gasteiger partial charge in [-0.3, -0.25) is 9.78 Å². The van der Waals surface area contributed by atoms with Gasteiger partial charge in [0, 0.05) is 24.6 Å². The van der Waals surface area contributed by atoms with E-state index >= 15 is 0 Å². The molecule has 1 saturated carbocycles. The SMILES string of the molecule is COCC1(C(=O)N[C@@H]2COC[C@H]2Cc2ccnc3ccccc23)CCC1. The number of benzene rings is 1. The van der Waals surface area contributed by atoms with E-state index < -0.39 is 0 Å². The summed E-state index contributed by atoms with van der Waals surface area (Å²) in [5.74, 6) is 0.412. The van der Waals surface area contributed by atoms with Crippen molar-refractivity contribution in [1.29, 1.82) is 0 Å². The van der Waals surface area contributed by atoms with Crippen LogP contribution in [-0.4, -0.2) is 43.9 Å². The van der Waals surface area contributed by atoms with E-state index in [1.54, 1.807) is 7.11 Å². The van der Waals surface area contributed by atoms with E-state index in [0.717, 1.165) is 31.2 Å². The molecule has 4 rings (SSSR count). The van der Waals surface area contributed by atoms with Crippen LogP contribution in [0.2, 0.25) is 0 Å². The molecule has 1 saturated heterocycles. The summed E-state index contributed by atoms with van der Waals surface area (Å²) >= 11 is 0. The second-order valence-electron chi connectivity index (χ2n) is 7.64. The van der Waals surface area contributed by atoms with Crippen molar-refractivity contribution in [2.75, 3.05) is 26.9 Å². The highest BCUT2D eigenvalue weighted by Crippen LogP contribution is 2.41. The van der Waals surface area contributed by atoms with Gasteiger partial charge in [-0.1, -0.05) is 24.6 Å². The minimum atomic E-state index is -0.328. The lowest BCUT2D eigenvalue weighted by Gasteiger charge is -2.40. The van der Waals surface area contributed by atoms with Crippen LogP contribution in [0.4, 0.5) is 0 Å². The first kappa shape index (κ1) is 17.4. The molecule has 2 fully saturated rings. The first-order valence-corrected chi connectivity index (χ1v) is 9.42. The Morgan fingerprint density at radius 1 is 1.31 bits per heavy atom. The van der Waals surface area contributed by atoms with Crippen LogP contribution in [-0.2, 0) is 20.7 Å². The van der Waals surface area contributed by atoms with Crippen molar-refractivity contribution in [2.45, 2.75) is 31.7 Å². The topological polar surface area (TPSA) is 60.5 Å². The van der Waals surface area contributed by atoms with E-state index in [9.17, 15) is 4.79 Å². The number of hydrogen-bond donors (Lipinski definition) is 1. The average molecular weight is 354 g/mol. The van der Waals surface area contributed by atoms with Crippen molar-refractivity contribution in [3.63, 3.8) is 0 Å². The van der Waals surface area contributed by atoms with Gasteiger partial charge in [0.25, 0.3) is 0 Å². The van der Waals surface area contributed by atoms with Crippen molar-refractivity contribution in [3.05, 3.63) is 42.1 Å². The lowest BCUT2D eigenvalue weighted by Crippen LogP contribution is -2.53. The molecule has 2 aliphatic rings. The summed E-state index contributed by atoms with van der Waals surface area (Å²) in [5, 5.41) is 4.45. The number of carbonyl (C=O) groups excluding carboxylic acids is 1. The Hall–Kier alpha value is -1.98. The molecule has 1 aliphatic carbocycles. The summed E-state index contributed by atoms with van der Waals surface area (Å²) in [6.45, 7) is 1.77. The van der Waals surface area contributed by atoms with E-state index in [0.29, 0.717) is 19.8 Å². The molecule has 1 N–H and O–H groups in total. The number of para-hydroxylation sites is 1. The van der Waals surface area contributed by atoms with Gasteiger partial charge >= 0.3 is 0 Å². The smallest absolute Gasteiger partial charge is 0.228 e. The van der Waals surface area contributed by atoms with Gasteiger partial charge in [0.05, 0.1) is 36.8 Å². The highest BCUT2D eigenvalue weighted by molar-refractivity contribution is 5.84. The maximum Gasteiger partial charge on any atom is 0.228 e. The van der Waals surface area contributed by atoms with Crippen LogP contribution >= 0.6 is 0 Å². The summed E-state index contributed by atoms with van der Waals surface area (Å²) in [5.41, 5.74) is 1.95. The summed E-state index contributed by atoms with van der Waals surface area (Å²) in [7, 11) is 1.67. The van der Waals surface area contributed by atoms with Crippen LogP contribution in [0.25, 0.3) is 10.9 Å². The van der Waals surface area contributed by atoms with Crippen molar-refractivity contribution >= 4 is 16.8 Å². The fraction of sp³-hybridized carbons (Fsp3) is 0.524. The van der Waals surface area contributed by atoms with Gasteiger partial charge in [-0.25, -0.2) is 0 Å². The summed E-state index contributed by atoms with van der Waals surface area (Å²) in [6, 6.07) is 10.3. The van der Waals surface area contributed by atoms with Gasteiger partial charge < -0.3 is 14.8 Å². The van der Waals surface area contributed by atoms with Crippen molar-refractivity contribution in [2.24, 2.45) is 11.3 Å². The minimum Gasteiger partial charge on any atom is -0.384 e. The van der Waals surface area contributed by atoms with Crippen molar-refractivity contribution in [3.8, 4) is 0 Å². The lowest BCUT2D eigenvalue weighted by molar-refractivity contribution is -0.141. The molecule has 2 aromatic rings. The number of amides is 1. The van der Waals surface area contributed by atoms with Crippen LogP contribution in [0.3, 0.4) is 0 Å². The molecule has 5 nitrogen and oxygen atoms in total. The fourth-order valence-corrected chi connectivity index (χ4v) is 4.21. The van der Waals surface area contributed by atoms with Gasteiger partial charge in [-0.2, -0.15) is 0 Å².